The van der Waals surface area contributed by atoms with Crippen molar-refractivity contribution in [2.45, 2.75) is 63.6 Å². The summed E-state index contributed by atoms with van der Waals surface area (Å²) in [4.78, 5) is 53.4. The normalized spacial score (nSPS) is 18.2. The average molecular weight is 887 g/mol. The predicted molar refractivity (Wildman–Crippen MR) is 230 cm³/mol. The monoisotopic (exact) mass is 886 g/mol. The van der Waals surface area contributed by atoms with E-state index in [-0.39, 0.29) is 62.8 Å². The van der Waals surface area contributed by atoms with Crippen LogP contribution in [0.3, 0.4) is 0 Å². The lowest BCUT2D eigenvalue weighted by atomic mass is 10.1. The maximum Gasteiger partial charge on any atom is 0.317 e. The van der Waals surface area contributed by atoms with Crippen LogP contribution in [0.5, 0.6) is 11.5 Å². The Kier molecular flexibility index (Phi) is 20.9. The van der Waals surface area contributed by atoms with E-state index in [1.807, 2.05) is 50.2 Å². The largest absolute Gasteiger partial charge is 0.491 e. The summed E-state index contributed by atoms with van der Waals surface area (Å²) in [5, 5.41) is 22.5. The number of aliphatic hydroxyl groups is 1. The van der Waals surface area contributed by atoms with Gasteiger partial charge in [0.05, 0.1) is 33.0 Å². The van der Waals surface area contributed by atoms with E-state index in [0.717, 1.165) is 11.1 Å². The summed E-state index contributed by atoms with van der Waals surface area (Å²) in [6.07, 6.45) is -0.345. The van der Waals surface area contributed by atoms with Gasteiger partial charge in [-0.2, -0.15) is 0 Å². The molecule has 63 heavy (non-hydrogen) atoms. The van der Waals surface area contributed by atoms with Crippen molar-refractivity contribution in [1.82, 2.24) is 31.1 Å². The number of morpholine rings is 2. The number of rotatable bonds is 25. The zero-order valence-electron chi connectivity index (χ0n) is 36.6. The van der Waals surface area contributed by atoms with Gasteiger partial charge in [0.2, 0.25) is 0 Å². The molecule has 3 saturated heterocycles. The molecule has 4 amide bonds. The third-order valence-corrected chi connectivity index (χ3v) is 10.3. The molecule has 3 heterocycles. The maximum absolute atomic E-state index is 13.1. The van der Waals surface area contributed by atoms with E-state index >= 15 is 0 Å². The van der Waals surface area contributed by atoms with Gasteiger partial charge in [0.25, 0.3) is 0 Å². The van der Waals surface area contributed by atoms with Gasteiger partial charge in [-0.25, -0.2) is 9.59 Å². The molecule has 350 valence electrons. The second-order valence-electron chi connectivity index (χ2n) is 15.9. The third kappa shape index (κ3) is 19.3. The van der Waals surface area contributed by atoms with Gasteiger partial charge in [0.1, 0.15) is 49.6 Å². The van der Waals surface area contributed by atoms with E-state index in [2.05, 4.69) is 21.3 Å². The fraction of sp³-hybridized carbons (Fsp3) is 0.636. The molecular formula is C44H66N6O13. The van der Waals surface area contributed by atoms with Gasteiger partial charge < -0.3 is 74.1 Å². The van der Waals surface area contributed by atoms with Crippen molar-refractivity contribution in [1.29, 1.82) is 0 Å². The number of carbonyl (C=O) groups is 4. The fourth-order valence-corrected chi connectivity index (χ4v) is 6.72. The fourth-order valence-electron chi connectivity index (χ4n) is 6.72. The van der Waals surface area contributed by atoms with Crippen LogP contribution in [-0.4, -0.2) is 181 Å². The first-order valence-electron chi connectivity index (χ1n) is 21.9. The van der Waals surface area contributed by atoms with E-state index in [1.165, 1.54) is 0 Å². The standard InChI is InChI=1S/C44H66N6O13/c1-44(2)61-32-39(63-44)31-60-40(52)13-7-33-5-11-37(12-6-33)59-30-38(28-46-16-18-48-43(55)50-21-25-57-26-22-50)62-41(53)14-8-34-3-9-36(10-4-34)58-29-35(51)27-45-15-17-47-42(54)49-19-23-56-24-20-49/h3-6,9-12,35,38-39,45-46,51H,7-8,13-32H2,1-2H3,(H,47,54)(H,48,55)/t35-,38-,39+/m0/s1. The molecule has 3 aliphatic heterocycles. The Morgan fingerprint density at radius 2 is 1.22 bits per heavy atom. The SMILES string of the molecule is CC1(C)OC[C@@H](COC(=O)CCc2ccc(OC[C@H](CNCCNC(=O)N3CCOCC3)OC(=O)CCc3ccc(OC[C@@H](O)CNCCNC(=O)N4CCOCC4)cc3)cc2)O1. The molecule has 19 heteroatoms. The quantitative estimate of drug-likeness (QED) is 0.0701. The molecule has 0 saturated carbocycles. The number of ether oxygens (including phenoxy) is 8. The Balaban J connectivity index is 0.994. The Morgan fingerprint density at radius 1 is 0.714 bits per heavy atom. The first-order chi connectivity index (χ1) is 30.5. The number of hydrogen-bond acceptors (Lipinski definition) is 15. The van der Waals surface area contributed by atoms with Gasteiger partial charge in [-0.3, -0.25) is 9.59 Å². The predicted octanol–water partition coefficient (Wildman–Crippen LogP) is 1.24. The molecule has 0 aliphatic carbocycles. The number of aryl methyl sites for hydroxylation is 2. The van der Waals surface area contributed by atoms with Crippen LogP contribution in [0.25, 0.3) is 0 Å². The van der Waals surface area contributed by atoms with Crippen LogP contribution in [0, 0.1) is 0 Å². The van der Waals surface area contributed by atoms with Crippen molar-refractivity contribution in [3.63, 3.8) is 0 Å². The van der Waals surface area contributed by atoms with Crippen LogP contribution < -0.4 is 30.7 Å². The van der Waals surface area contributed by atoms with Crippen LogP contribution in [-0.2, 0) is 50.9 Å². The van der Waals surface area contributed by atoms with E-state index < -0.39 is 18.0 Å². The number of carbonyl (C=O) groups excluding carboxylic acids is 4. The lowest BCUT2D eigenvalue weighted by Gasteiger charge is -2.27. The Labute approximate surface area is 369 Å². The first kappa shape index (κ1) is 49.3. The molecule has 5 rings (SSSR count). The highest BCUT2D eigenvalue weighted by Gasteiger charge is 2.33. The summed E-state index contributed by atoms with van der Waals surface area (Å²) in [7, 11) is 0. The van der Waals surface area contributed by atoms with Crippen molar-refractivity contribution in [2.24, 2.45) is 0 Å². The number of benzene rings is 2. The number of urea groups is 2. The molecule has 0 spiro atoms. The second kappa shape index (κ2) is 26.8. The van der Waals surface area contributed by atoms with Gasteiger partial charge in [0.15, 0.2) is 5.79 Å². The molecule has 3 fully saturated rings. The van der Waals surface area contributed by atoms with Crippen LogP contribution >= 0.6 is 0 Å². The summed E-state index contributed by atoms with van der Waals surface area (Å²) < 4.78 is 44.8. The minimum Gasteiger partial charge on any atom is -0.491 e. The molecule has 3 aliphatic rings. The third-order valence-electron chi connectivity index (χ3n) is 10.3. The summed E-state index contributed by atoms with van der Waals surface area (Å²) >= 11 is 0. The highest BCUT2D eigenvalue weighted by molar-refractivity contribution is 5.74. The first-order valence-corrected chi connectivity index (χ1v) is 21.9. The maximum atomic E-state index is 13.1. The number of esters is 2. The molecule has 3 atom stereocenters. The molecular weight excluding hydrogens is 821 g/mol. The van der Waals surface area contributed by atoms with E-state index in [0.29, 0.717) is 123 Å². The van der Waals surface area contributed by atoms with E-state index in [4.69, 9.17) is 37.9 Å². The molecule has 2 aromatic rings. The van der Waals surface area contributed by atoms with Crippen LogP contribution in [0.2, 0.25) is 0 Å². The Morgan fingerprint density at radius 3 is 1.75 bits per heavy atom. The topological polar surface area (TPSA) is 217 Å². The van der Waals surface area contributed by atoms with Crippen molar-refractivity contribution in [3.05, 3.63) is 59.7 Å². The Bertz CT molecular complexity index is 1670. The lowest BCUT2D eigenvalue weighted by molar-refractivity contribution is -0.158. The van der Waals surface area contributed by atoms with Crippen LogP contribution in [0.15, 0.2) is 48.5 Å². The molecule has 0 unspecified atom stereocenters. The smallest absolute Gasteiger partial charge is 0.317 e. The summed E-state index contributed by atoms with van der Waals surface area (Å²) in [5.41, 5.74) is 1.85. The van der Waals surface area contributed by atoms with Gasteiger partial charge in [-0.15, -0.1) is 0 Å². The highest BCUT2D eigenvalue weighted by Crippen LogP contribution is 2.22. The van der Waals surface area contributed by atoms with E-state index in [9.17, 15) is 24.3 Å². The zero-order valence-corrected chi connectivity index (χ0v) is 36.6. The number of aliphatic hydroxyl groups excluding tert-OH is 1. The van der Waals surface area contributed by atoms with Crippen molar-refractivity contribution < 1.29 is 62.2 Å². The lowest BCUT2D eigenvalue weighted by Crippen LogP contribution is -2.48. The summed E-state index contributed by atoms with van der Waals surface area (Å²) in [6, 6.07) is 14.4. The van der Waals surface area contributed by atoms with Gasteiger partial charge in [-0.1, -0.05) is 24.3 Å². The number of hydrogen-bond donors (Lipinski definition) is 5. The molecule has 19 nitrogen and oxygen atoms in total. The molecule has 2 aromatic carbocycles. The highest BCUT2D eigenvalue weighted by atomic mass is 16.7. The van der Waals surface area contributed by atoms with Crippen LogP contribution in [0.4, 0.5) is 9.59 Å². The number of nitrogens with one attached hydrogen (secondary N) is 4. The number of nitrogens with zero attached hydrogens (tertiary/aromatic N) is 2. The van der Waals surface area contributed by atoms with Gasteiger partial charge in [-0.05, 0) is 62.1 Å². The van der Waals surface area contributed by atoms with Crippen molar-refractivity contribution in [3.8, 4) is 11.5 Å². The molecule has 0 bridgehead atoms. The van der Waals surface area contributed by atoms with Gasteiger partial charge in [0, 0.05) is 78.3 Å². The molecule has 0 aromatic heterocycles. The molecule has 5 N–H and O–H groups in total. The summed E-state index contributed by atoms with van der Waals surface area (Å²) in [6.45, 7) is 11.1. The minimum absolute atomic E-state index is 0.0869. The Hall–Kier alpha value is -4.76. The average Bonchev–Trinajstić information content (AvgIpc) is 3.66. The van der Waals surface area contributed by atoms with Crippen molar-refractivity contribution >= 4 is 24.0 Å². The molecule has 0 radical (unpaired) electrons. The van der Waals surface area contributed by atoms with Crippen molar-refractivity contribution in [2.75, 3.05) is 118 Å². The second-order valence-corrected chi connectivity index (χ2v) is 15.9. The van der Waals surface area contributed by atoms with E-state index in [1.54, 1.807) is 21.9 Å². The number of amides is 4. The summed E-state index contributed by atoms with van der Waals surface area (Å²) in [5.74, 6) is -0.208. The minimum atomic E-state index is -0.747. The van der Waals surface area contributed by atoms with Gasteiger partial charge >= 0.3 is 24.0 Å². The zero-order chi connectivity index (χ0) is 44.7. The van der Waals surface area contributed by atoms with Crippen LogP contribution in [0.1, 0.15) is 37.8 Å².